The van der Waals surface area contributed by atoms with Gasteiger partial charge in [0.15, 0.2) is 0 Å². The van der Waals surface area contributed by atoms with Crippen molar-refractivity contribution in [2.75, 3.05) is 23.4 Å². The van der Waals surface area contributed by atoms with E-state index in [4.69, 9.17) is 11.6 Å². The zero-order chi connectivity index (χ0) is 18.7. The van der Waals surface area contributed by atoms with E-state index in [1.165, 1.54) is 18.4 Å². The van der Waals surface area contributed by atoms with Crippen LogP contribution in [0.4, 0.5) is 5.69 Å². The standard InChI is InChI=1S/C21H29ClN2OS/c1-14(2)17-6-7-20(19-12-24-21(22)10-18(17)19)23-11-15(3)13-26(25)9-8-16-4-5-16/h6-7,10,12,14-16,23H,4-5,8-9,11,13H2,1-3H3/t15-,26?/m1/s1. The Balaban J connectivity index is 1.64. The van der Waals surface area contributed by atoms with Crippen LogP contribution in [0.25, 0.3) is 10.8 Å². The van der Waals surface area contributed by atoms with Gasteiger partial charge >= 0.3 is 0 Å². The summed E-state index contributed by atoms with van der Waals surface area (Å²) in [6.45, 7) is 7.36. The van der Waals surface area contributed by atoms with Crippen molar-refractivity contribution < 1.29 is 4.21 Å². The van der Waals surface area contributed by atoms with Gasteiger partial charge in [0.05, 0.1) is 0 Å². The Morgan fingerprint density at radius 2 is 2.04 bits per heavy atom. The summed E-state index contributed by atoms with van der Waals surface area (Å²) in [5.41, 5.74) is 2.35. The Bertz CT molecular complexity index is 789. The molecule has 0 saturated heterocycles. The first-order valence-corrected chi connectivity index (χ1v) is 11.5. The molecule has 5 heteroatoms. The van der Waals surface area contributed by atoms with Gasteiger partial charge in [-0.1, -0.05) is 51.3 Å². The van der Waals surface area contributed by atoms with Crippen molar-refractivity contribution in [3.63, 3.8) is 0 Å². The van der Waals surface area contributed by atoms with E-state index in [0.29, 0.717) is 17.0 Å². The first-order chi connectivity index (χ1) is 12.4. The Morgan fingerprint density at radius 3 is 2.73 bits per heavy atom. The fourth-order valence-corrected chi connectivity index (χ4v) is 5.02. The van der Waals surface area contributed by atoms with Crippen molar-refractivity contribution in [2.24, 2.45) is 11.8 Å². The number of nitrogens with one attached hydrogen (secondary N) is 1. The van der Waals surface area contributed by atoms with E-state index in [9.17, 15) is 4.21 Å². The zero-order valence-electron chi connectivity index (χ0n) is 15.9. The molecule has 3 nitrogen and oxygen atoms in total. The largest absolute Gasteiger partial charge is 0.384 e. The Labute approximate surface area is 164 Å². The van der Waals surface area contributed by atoms with Gasteiger partial charge in [-0.15, -0.1) is 0 Å². The quantitative estimate of drug-likeness (QED) is 0.564. The molecule has 1 aliphatic rings. The summed E-state index contributed by atoms with van der Waals surface area (Å²) in [4.78, 5) is 4.27. The molecule has 142 valence electrons. The molecule has 26 heavy (non-hydrogen) atoms. The van der Waals surface area contributed by atoms with E-state index in [1.807, 2.05) is 12.3 Å². The summed E-state index contributed by atoms with van der Waals surface area (Å²) < 4.78 is 12.2. The van der Waals surface area contributed by atoms with Gasteiger partial charge in [-0.2, -0.15) is 0 Å². The number of rotatable bonds is 9. The SMILES string of the molecule is CC(C)c1ccc(NC[C@@H](C)CS(=O)CCC2CC2)c2cnc(Cl)cc12. The van der Waals surface area contributed by atoms with Crippen molar-refractivity contribution in [2.45, 2.75) is 46.0 Å². The number of halogens is 1. The third-order valence-corrected chi connectivity index (χ3v) is 6.92. The van der Waals surface area contributed by atoms with E-state index < -0.39 is 10.8 Å². The summed E-state index contributed by atoms with van der Waals surface area (Å²) in [5, 5.41) is 6.32. The molecule has 3 rings (SSSR count). The van der Waals surface area contributed by atoms with Gasteiger partial charge < -0.3 is 5.32 Å². The van der Waals surface area contributed by atoms with E-state index in [2.05, 4.69) is 43.2 Å². The van der Waals surface area contributed by atoms with Crippen molar-refractivity contribution in [1.82, 2.24) is 4.98 Å². The Morgan fingerprint density at radius 1 is 1.27 bits per heavy atom. The number of fused-ring (bicyclic) bond motifs is 1. The fraction of sp³-hybridized carbons (Fsp3) is 0.571. The molecule has 0 radical (unpaired) electrons. The maximum absolute atomic E-state index is 12.2. The maximum Gasteiger partial charge on any atom is 0.129 e. The second kappa shape index (κ2) is 8.71. The number of anilines is 1. The van der Waals surface area contributed by atoms with Gasteiger partial charge in [0.25, 0.3) is 0 Å². The van der Waals surface area contributed by atoms with Crippen LogP contribution in [0, 0.1) is 11.8 Å². The first-order valence-electron chi connectivity index (χ1n) is 9.61. The van der Waals surface area contributed by atoms with E-state index in [-0.39, 0.29) is 0 Å². The van der Waals surface area contributed by atoms with Crippen LogP contribution < -0.4 is 5.32 Å². The number of benzene rings is 1. The van der Waals surface area contributed by atoms with Crippen LogP contribution in [0.2, 0.25) is 5.15 Å². The average Bonchev–Trinajstić information content (AvgIpc) is 3.41. The molecule has 1 N–H and O–H groups in total. The number of aromatic nitrogens is 1. The molecular formula is C21H29ClN2OS. The molecule has 1 heterocycles. The van der Waals surface area contributed by atoms with Crippen LogP contribution in [0.3, 0.4) is 0 Å². The molecule has 1 fully saturated rings. The third kappa shape index (κ3) is 5.20. The molecule has 1 saturated carbocycles. The van der Waals surface area contributed by atoms with Crippen LogP contribution in [0.1, 0.15) is 51.5 Å². The zero-order valence-corrected chi connectivity index (χ0v) is 17.5. The highest BCUT2D eigenvalue weighted by molar-refractivity contribution is 7.84. The Kier molecular flexibility index (Phi) is 6.57. The summed E-state index contributed by atoms with van der Waals surface area (Å²) in [6.07, 6.45) is 5.67. The average molecular weight is 393 g/mol. The minimum absolute atomic E-state index is 0.370. The third-order valence-electron chi connectivity index (χ3n) is 5.09. The summed E-state index contributed by atoms with van der Waals surface area (Å²) in [7, 11) is -0.698. The highest BCUT2D eigenvalue weighted by atomic mass is 35.5. The minimum Gasteiger partial charge on any atom is -0.384 e. The smallest absolute Gasteiger partial charge is 0.129 e. The lowest BCUT2D eigenvalue weighted by Crippen LogP contribution is -2.19. The lowest BCUT2D eigenvalue weighted by Gasteiger charge is -2.17. The maximum atomic E-state index is 12.2. The summed E-state index contributed by atoms with van der Waals surface area (Å²) >= 11 is 6.12. The highest BCUT2D eigenvalue weighted by Crippen LogP contribution is 2.33. The van der Waals surface area contributed by atoms with Crippen molar-refractivity contribution in [3.8, 4) is 0 Å². The van der Waals surface area contributed by atoms with Crippen LogP contribution in [-0.4, -0.2) is 27.2 Å². The molecule has 0 bridgehead atoms. The Hall–Kier alpha value is -1.13. The van der Waals surface area contributed by atoms with Gasteiger partial charge in [-0.05, 0) is 47.3 Å². The lowest BCUT2D eigenvalue weighted by molar-refractivity contribution is 0.647. The molecular weight excluding hydrogens is 364 g/mol. The molecule has 2 aromatic rings. The minimum atomic E-state index is -0.698. The predicted octanol–water partition coefficient (Wildman–Crippen LogP) is 5.61. The number of nitrogens with zero attached hydrogens (tertiary/aromatic N) is 1. The normalized spacial score (nSPS) is 16.8. The molecule has 1 aromatic heterocycles. The molecule has 1 aromatic carbocycles. The van der Waals surface area contributed by atoms with E-state index in [0.717, 1.165) is 46.8 Å². The van der Waals surface area contributed by atoms with Gasteiger partial charge in [-0.3, -0.25) is 4.21 Å². The van der Waals surface area contributed by atoms with Gasteiger partial charge in [0.2, 0.25) is 0 Å². The summed E-state index contributed by atoms with van der Waals surface area (Å²) in [6, 6.07) is 6.25. The van der Waals surface area contributed by atoms with E-state index in [1.54, 1.807) is 0 Å². The van der Waals surface area contributed by atoms with Gasteiger partial charge in [0.1, 0.15) is 5.15 Å². The van der Waals surface area contributed by atoms with E-state index >= 15 is 0 Å². The second-order valence-corrected chi connectivity index (χ2v) is 9.95. The molecule has 1 aliphatic carbocycles. The van der Waals surface area contributed by atoms with Gasteiger partial charge in [-0.25, -0.2) is 4.98 Å². The molecule has 0 spiro atoms. The van der Waals surface area contributed by atoms with Crippen LogP contribution >= 0.6 is 11.6 Å². The van der Waals surface area contributed by atoms with Crippen LogP contribution in [0.15, 0.2) is 24.4 Å². The molecule has 1 unspecified atom stereocenters. The summed E-state index contributed by atoms with van der Waals surface area (Å²) in [5.74, 6) is 3.29. The lowest BCUT2D eigenvalue weighted by atomic mass is 9.96. The predicted molar refractivity (Wildman–Crippen MR) is 114 cm³/mol. The fourth-order valence-electron chi connectivity index (χ4n) is 3.34. The van der Waals surface area contributed by atoms with Crippen LogP contribution in [0.5, 0.6) is 0 Å². The molecule has 2 atom stereocenters. The number of hydrogen-bond acceptors (Lipinski definition) is 3. The highest BCUT2D eigenvalue weighted by Gasteiger charge is 2.22. The van der Waals surface area contributed by atoms with Crippen LogP contribution in [-0.2, 0) is 10.8 Å². The number of pyridine rings is 1. The van der Waals surface area contributed by atoms with Crippen molar-refractivity contribution in [1.29, 1.82) is 0 Å². The van der Waals surface area contributed by atoms with Gasteiger partial charge in [0, 0.05) is 46.1 Å². The van der Waals surface area contributed by atoms with Crippen molar-refractivity contribution in [3.05, 3.63) is 35.1 Å². The first kappa shape index (κ1) is 19.6. The monoisotopic (exact) mass is 392 g/mol. The number of hydrogen-bond donors (Lipinski definition) is 1. The molecule has 0 aliphatic heterocycles. The van der Waals surface area contributed by atoms with Crippen molar-refractivity contribution >= 4 is 38.9 Å². The topological polar surface area (TPSA) is 42.0 Å². The molecule has 0 amide bonds. The second-order valence-electron chi connectivity index (χ2n) is 7.94.